The van der Waals surface area contributed by atoms with Gasteiger partial charge in [0.05, 0.1) is 0 Å². The average molecular weight is 338 g/mol. The highest BCUT2D eigenvalue weighted by Crippen LogP contribution is 2.42. The largest absolute Gasteiger partial charge is 0.204 e. The standard InChI is InChI=1S/C20H29F2P/c21-19-3-1-2-17(20(19)22)9-6-14-4-7-15(8-5-14)16-10-12-18(23)13-11-16/h1-3,14-16,18H,4-13,23H2. The number of hydrogen-bond acceptors (Lipinski definition) is 0. The molecule has 0 amide bonds. The van der Waals surface area contributed by atoms with Gasteiger partial charge < -0.3 is 0 Å². The molecule has 2 fully saturated rings. The molecule has 128 valence electrons. The lowest BCUT2D eigenvalue weighted by molar-refractivity contribution is 0.165. The summed E-state index contributed by atoms with van der Waals surface area (Å²) in [6.07, 6.45) is 12.5. The molecule has 1 unspecified atom stereocenters. The first-order valence-corrected chi connectivity index (χ1v) is 9.98. The van der Waals surface area contributed by atoms with E-state index >= 15 is 0 Å². The Hall–Kier alpha value is -0.490. The Morgan fingerprint density at radius 1 is 0.870 bits per heavy atom. The van der Waals surface area contributed by atoms with Gasteiger partial charge in [-0.1, -0.05) is 25.0 Å². The number of benzene rings is 1. The second kappa shape index (κ2) is 8.06. The molecule has 2 aliphatic carbocycles. The molecule has 0 nitrogen and oxygen atoms in total. The van der Waals surface area contributed by atoms with Gasteiger partial charge in [0, 0.05) is 0 Å². The van der Waals surface area contributed by atoms with Crippen molar-refractivity contribution in [1.29, 1.82) is 0 Å². The summed E-state index contributed by atoms with van der Waals surface area (Å²) in [6.45, 7) is 0. The molecule has 23 heavy (non-hydrogen) atoms. The van der Waals surface area contributed by atoms with Gasteiger partial charge in [0.15, 0.2) is 11.6 Å². The predicted molar refractivity (Wildman–Crippen MR) is 95.6 cm³/mol. The van der Waals surface area contributed by atoms with Crippen LogP contribution in [0.25, 0.3) is 0 Å². The van der Waals surface area contributed by atoms with Crippen molar-refractivity contribution in [3.05, 3.63) is 35.4 Å². The van der Waals surface area contributed by atoms with E-state index in [0.717, 1.165) is 23.9 Å². The number of halogens is 2. The number of aryl methyl sites for hydroxylation is 1. The molecule has 1 aromatic rings. The fourth-order valence-electron chi connectivity index (χ4n) is 4.67. The van der Waals surface area contributed by atoms with Crippen molar-refractivity contribution in [2.45, 2.75) is 69.9 Å². The Bertz CT molecular complexity index is 500. The van der Waals surface area contributed by atoms with Gasteiger partial charge in [-0.3, -0.25) is 0 Å². The lowest BCUT2D eigenvalue weighted by Gasteiger charge is -2.37. The van der Waals surface area contributed by atoms with Gasteiger partial charge in [-0.05, 0) is 86.4 Å². The predicted octanol–water partition coefficient (Wildman–Crippen LogP) is 6.14. The third kappa shape index (κ3) is 4.53. The van der Waals surface area contributed by atoms with E-state index in [0.29, 0.717) is 17.9 Å². The van der Waals surface area contributed by atoms with Crippen LogP contribution in [0.1, 0.15) is 63.4 Å². The van der Waals surface area contributed by atoms with E-state index in [1.54, 1.807) is 12.1 Å². The topological polar surface area (TPSA) is 0 Å². The molecule has 0 heterocycles. The van der Waals surface area contributed by atoms with Crippen LogP contribution < -0.4 is 0 Å². The summed E-state index contributed by atoms with van der Waals surface area (Å²) in [5.41, 5.74) is 1.40. The molecule has 1 aromatic carbocycles. The molecule has 0 aliphatic heterocycles. The van der Waals surface area contributed by atoms with Crippen molar-refractivity contribution in [2.24, 2.45) is 17.8 Å². The van der Waals surface area contributed by atoms with Crippen LogP contribution in [0.2, 0.25) is 0 Å². The maximum absolute atomic E-state index is 13.7. The van der Waals surface area contributed by atoms with E-state index in [4.69, 9.17) is 0 Å². The fourth-order valence-corrected chi connectivity index (χ4v) is 5.05. The minimum Gasteiger partial charge on any atom is -0.204 e. The lowest BCUT2D eigenvalue weighted by Crippen LogP contribution is -2.26. The lowest BCUT2D eigenvalue weighted by atomic mass is 9.70. The summed E-state index contributed by atoms with van der Waals surface area (Å²) in [4.78, 5) is 0. The molecule has 3 rings (SSSR count). The SMILES string of the molecule is Fc1cccc(CCC2CCC(C3CCC(P)CC3)CC2)c1F. The maximum Gasteiger partial charge on any atom is 0.162 e. The molecule has 0 N–H and O–H groups in total. The summed E-state index contributed by atoms with van der Waals surface area (Å²) in [5, 5.41) is 0. The summed E-state index contributed by atoms with van der Waals surface area (Å²) in [6, 6.07) is 4.55. The number of hydrogen-bond donors (Lipinski definition) is 0. The third-order valence-electron chi connectivity index (χ3n) is 6.23. The van der Waals surface area contributed by atoms with Crippen LogP contribution in [0.15, 0.2) is 18.2 Å². The van der Waals surface area contributed by atoms with Crippen molar-refractivity contribution in [1.82, 2.24) is 0 Å². The van der Waals surface area contributed by atoms with Crippen LogP contribution in [0, 0.1) is 29.4 Å². The molecule has 0 bridgehead atoms. The van der Waals surface area contributed by atoms with Crippen LogP contribution in [0.5, 0.6) is 0 Å². The maximum atomic E-state index is 13.7. The Kier molecular flexibility index (Phi) is 6.07. The summed E-state index contributed by atoms with van der Waals surface area (Å²) in [7, 11) is 2.99. The van der Waals surface area contributed by atoms with Gasteiger partial charge in [-0.2, -0.15) is 0 Å². The van der Waals surface area contributed by atoms with Crippen molar-refractivity contribution in [2.75, 3.05) is 0 Å². The monoisotopic (exact) mass is 338 g/mol. The van der Waals surface area contributed by atoms with E-state index in [-0.39, 0.29) is 0 Å². The zero-order chi connectivity index (χ0) is 16.2. The first kappa shape index (κ1) is 17.3. The second-order valence-corrected chi connectivity index (χ2v) is 8.65. The van der Waals surface area contributed by atoms with Crippen LogP contribution in [-0.2, 0) is 6.42 Å². The van der Waals surface area contributed by atoms with Crippen molar-refractivity contribution in [3.8, 4) is 0 Å². The van der Waals surface area contributed by atoms with Crippen LogP contribution in [0.4, 0.5) is 8.78 Å². The Balaban J connectivity index is 1.43. The van der Waals surface area contributed by atoms with Crippen molar-refractivity contribution < 1.29 is 8.78 Å². The number of rotatable bonds is 4. The van der Waals surface area contributed by atoms with E-state index in [1.807, 2.05) is 0 Å². The molecule has 0 radical (unpaired) electrons. The molecule has 2 saturated carbocycles. The van der Waals surface area contributed by atoms with Gasteiger partial charge in [0.2, 0.25) is 0 Å². The summed E-state index contributed by atoms with van der Waals surface area (Å²) in [5.74, 6) is 1.22. The molecule has 0 saturated heterocycles. The van der Waals surface area contributed by atoms with Gasteiger partial charge in [-0.25, -0.2) is 8.78 Å². The molecular formula is C20H29F2P. The Labute approximate surface area is 141 Å². The average Bonchev–Trinajstić information content (AvgIpc) is 2.57. The smallest absolute Gasteiger partial charge is 0.162 e. The van der Waals surface area contributed by atoms with E-state index in [2.05, 4.69) is 9.24 Å². The van der Waals surface area contributed by atoms with Gasteiger partial charge in [0.1, 0.15) is 0 Å². The summed E-state index contributed by atoms with van der Waals surface area (Å²) < 4.78 is 27.0. The fraction of sp³-hybridized carbons (Fsp3) is 0.700. The third-order valence-corrected chi connectivity index (χ3v) is 6.89. The minimum absolute atomic E-state index is 0.547. The molecule has 1 atom stereocenters. The Morgan fingerprint density at radius 2 is 1.48 bits per heavy atom. The zero-order valence-electron chi connectivity index (χ0n) is 13.9. The van der Waals surface area contributed by atoms with E-state index in [9.17, 15) is 8.78 Å². The molecule has 0 aromatic heterocycles. The van der Waals surface area contributed by atoms with Gasteiger partial charge in [0.25, 0.3) is 0 Å². The second-order valence-electron chi connectivity index (χ2n) is 7.71. The van der Waals surface area contributed by atoms with E-state index < -0.39 is 11.6 Å². The Morgan fingerprint density at radius 3 is 2.13 bits per heavy atom. The van der Waals surface area contributed by atoms with Crippen LogP contribution in [0.3, 0.4) is 0 Å². The van der Waals surface area contributed by atoms with E-state index in [1.165, 1.54) is 57.4 Å². The van der Waals surface area contributed by atoms with Crippen LogP contribution in [-0.4, -0.2) is 5.66 Å². The molecule has 0 spiro atoms. The highest BCUT2D eigenvalue weighted by molar-refractivity contribution is 7.17. The van der Waals surface area contributed by atoms with Crippen molar-refractivity contribution in [3.63, 3.8) is 0 Å². The van der Waals surface area contributed by atoms with Crippen molar-refractivity contribution >= 4 is 9.24 Å². The van der Waals surface area contributed by atoms with Gasteiger partial charge >= 0.3 is 0 Å². The van der Waals surface area contributed by atoms with Gasteiger partial charge in [-0.15, -0.1) is 9.24 Å². The highest BCUT2D eigenvalue weighted by Gasteiger charge is 2.29. The molecule has 3 heteroatoms. The first-order valence-electron chi connectivity index (χ1n) is 9.32. The highest BCUT2D eigenvalue weighted by atomic mass is 31.0. The molecular weight excluding hydrogens is 309 g/mol. The quantitative estimate of drug-likeness (QED) is 0.579. The van der Waals surface area contributed by atoms with Crippen LogP contribution >= 0.6 is 9.24 Å². The minimum atomic E-state index is -0.712. The molecule has 2 aliphatic rings. The normalized spacial score (nSPS) is 32.0. The zero-order valence-corrected chi connectivity index (χ0v) is 15.1. The summed E-state index contributed by atoms with van der Waals surface area (Å²) >= 11 is 0. The first-order chi connectivity index (χ1) is 11.1.